The molecule has 0 atom stereocenters. The SMILES string of the molecule is N#Cc1ccc2c3ccccc3n(-c3nc(-c4ccc([Si](c5ccccc5)(c5ccccc5)c5ccccc5)cc4)cc(-n4c5ccccc5c5cc(-n6c7ccccc7c7ccccc76)ccc54)n3)c2c1. The monoisotopic (exact) mass is 934 g/mol. The van der Waals surface area contributed by atoms with Crippen molar-refractivity contribution < 1.29 is 0 Å². The van der Waals surface area contributed by atoms with Gasteiger partial charge < -0.3 is 4.57 Å². The first-order valence-electron chi connectivity index (χ1n) is 24.3. The lowest BCUT2D eigenvalue weighted by atomic mass is 10.1. The summed E-state index contributed by atoms with van der Waals surface area (Å²) in [5, 5.41) is 22.2. The molecular weight excluding hydrogens is 893 g/mol. The molecule has 0 unspecified atom stereocenters. The zero-order valence-electron chi connectivity index (χ0n) is 38.9. The van der Waals surface area contributed by atoms with E-state index < -0.39 is 8.07 Å². The number of rotatable bonds is 8. The Morgan fingerprint density at radius 1 is 0.333 bits per heavy atom. The van der Waals surface area contributed by atoms with E-state index in [1.165, 1.54) is 42.6 Å². The number of nitrogens with zero attached hydrogens (tertiary/aromatic N) is 6. The Kier molecular flexibility index (Phi) is 9.49. The van der Waals surface area contributed by atoms with E-state index in [-0.39, 0.29) is 0 Å². The molecule has 4 heterocycles. The third kappa shape index (κ3) is 6.26. The van der Waals surface area contributed by atoms with Gasteiger partial charge in [0.2, 0.25) is 5.95 Å². The van der Waals surface area contributed by atoms with Crippen molar-refractivity contribution in [2.45, 2.75) is 0 Å². The molecule has 0 saturated heterocycles. The number of hydrogen-bond donors (Lipinski definition) is 0. The van der Waals surface area contributed by atoms with Gasteiger partial charge in [-0.25, -0.2) is 4.98 Å². The Labute approximate surface area is 416 Å². The number of para-hydroxylation sites is 4. The van der Waals surface area contributed by atoms with Crippen LogP contribution in [0.5, 0.6) is 0 Å². The smallest absolute Gasteiger partial charge is 0.237 e. The van der Waals surface area contributed by atoms with Gasteiger partial charge in [-0.05, 0) is 75.3 Å². The van der Waals surface area contributed by atoms with Gasteiger partial charge in [-0.1, -0.05) is 194 Å². The molecule has 14 aromatic rings. The zero-order valence-corrected chi connectivity index (χ0v) is 39.9. The van der Waals surface area contributed by atoms with Gasteiger partial charge in [0.05, 0.1) is 50.4 Å². The largest absolute Gasteiger partial charge is 0.309 e. The van der Waals surface area contributed by atoms with Crippen LogP contribution < -0.4 is 20.7 Å². The summed E-state index contributed by atoms with van der Waals surface area (Å²) in [5.41, 5.74) is 9.65. The van der Waals surface area contributed by atoms with Crippen molar-refractivity contribution >= 4 is 94.2 Å². The summed E-state index contributed by atoms with van der Waals surface area (Å²) >= 11 is 0. The summed E-state index contributed by atoms with van der Waals surface area (Å²) in [4.78, 5) is 11.1. The van der Waals surface area contributed by atoms with Crippen LogP contribution in [0.25, 0.3) is 94.1 Å². The molecule has 0 saturated carbocycles. The highest BCUT2D eigenvalue weighted by molar-refractivity contribution is 7.19. The van der Waals surface area contributed by atoms with E-state index in [4.69, 9.17) is 9.97 Å². The molecule has 0 aliphatic carbocycles. The van der Waals surface area contributed by atoms with Gasteiger partial charge in [0.15, 0.2) is 8.07 Å². The molecule has 0 bridgehead atoms. The van der Waals surface area contributed by atoms with Crippen LogP contribution in [0.1, 0.15) is 5.56 Å². The Bertz CT molecular complexity index is 4300. The normalized spacial score (nSPS) is 11.9. The minimum absolute atomic E-state index is 0.516. The molecular formula is C65H42N6Si. The van der Waals surface area contributed by atoms with Gasteiger partial charge in [0, 0.05) is 49.6 Å². The van der Waals surface area contributed by atoms with Crippen molar-refractivity contribution in [1.29, 1.82) is 5.26 Å². The van der Waals surface area contributed by atoms with Gasteiger partial charge in [-0.3, -0.25) is 9.13 Å². The van der Waals surface area contributed by atoms with Crippen molar-refractivity contribution in [2.24, 2.45) is 0 Å². The van der Waals surface area contributed by atoms with E-state index in [2.05, 4.69) is 256 Å². The topological polar surface area (TPSA) is 64.4 Å². The second-order valence-corrected chi connectivity index (χ2v) is 22.3. The molecule has 336 valence electrons. The van der Waals surface area contributed by atoms with Gasteiger partial charge in [0.25, 0.3) is 0 Å². The van der Waals surface area contributed by atoms with Gasteiger partial charge in [-0.15, -0.1) is 0 Å². The summed E-state index contributed by atoms with van der Waals surface area (Å²) in [6.45, 7) is 0. The van der Waals surface area contributed by atoms with Crippen LogP contribution in [-0.2, 0) is 0 Å². The molecule has 0 fully saturated rings. The van der Waals surface area contributed by atoms with E-state index in [1.807, 2.05) is 18.2 Å². The quantitative estimate of drug-likeness (QED) is 0.113. The van der Waals surface area contributed by atoms with Crippen LogP contribution in [0.3, 0.4) is 0 Å². The lowest BCUT2D eigenvalue weighted by Gasteiger charge is -2.34. The van der Waals surface area contributed by atoms with Crippen LogP contribution in [0.4, 0.5) is 0 Å². The van der Waals surface area contributed by atoms with E-state index >= 15 is 0 Å². The summed E-state index contributed by atoms with van der Waals surface area (Å²) in [7, 11) is -2.79. The fraction of sp³-hybridized carbons (Fsp3) is 0. The second kappa shape index (κ2) is 16.5. The number of benzene rings is 10. The number of hydrogen-bond acceptors (Lipinski definition) is 3. The fourth-order valence-electron chi connectivity index (χ4n) is 11.5. The van der Waals surface area contributed by atoms with Crippen molar-refractivity contribution in [3.05, 3.63) is 260 Å². The summed E-state index contributed by atoms with van der Waals surface area (Å²) in [5.74, 6) is 1.25. The molecule has 72 heavy (non-hydrogen) atoms. The molecule has 0 spiro atoms. The molecule has 7 heteroatoms. The van der Waals surface area contributed by atoms with Crippen molar-refractivity contribution in [1.82, 2.24) is 23.7 Å². The molecule has 14 rings (SSSR count). The van der Waals surface area contributed by atoms with Crippen molar-refractivity contribution in [3.8, 4) is 34.8 Å². The lowest BCUT2D eigenvalue weighted by molar-refractivity contribution is 0.952. The molecule has 4 aromatic heterocycles. The maximum Gasteiger partial charge on any atom is 0.237 e. The Morgan fingerprint density at radius 3 is 1.32 bits per heavy atom. The van der Waals surface area contributed by atoms with Gasteiger partial charge in [0.1, 0.15) is 5.82 Å². The minimum Gasteiger partial charge on any atom is -0.309 e. The van der Waals surface area contributed by atoms with Crippen LogP contribution in [0.2, 0.25) is 0 Å². The number of fused-ring (bicyclic) bond motifs is 9. The molecule has 0 aliphatic rings. The predicted molar refractivity (Wildman–Crippen MR) is 299 cm³/mol. The van der Waals surface area contributed by atoms with E-state index in [0.717, 1.165) is 66.4 Å². The number of aromatic nitrogens is 5. The Hall–Kier alpha value is -9.61. The summed E-state index contributed by atoms with van der Waals surface area (Å²) in [6.07, 6.45) is 0. The summed E-state index contributed by atoms with van der Waals surface area (Å²) in [6, 6.07) is 93.7. The molecule has 10 aromatic carbocycles. The molecule has 6 nitrogen and oxygen atoms in total. The van der Waals surface area contributed by atoms with Gasteiger partial charge >= 0.3 is 0 Å². The molecule has 0 radical (unpaired) electrons. The van der Waals surface area contributed by atoms with Crippen LogP contribution in [0, 0.1) is 11.3 Å². The van der Waals surface area contributed by atoms with Crippen LogP contribution in [0.15, 0.2) is 255 Å². The van der Waals surface area contributed by atoms with Gasteiger partial charge in [-0.2, -0.15) is 10.2 Å². The zero-order chi connectivity index (χ0) is 47.8. The second-order valence-electron chi connectivity index (χ2n) is 18.5. The Morgan fingerprint density at radius 2 is 0.778 bits per heavy atom. The highest BCUT2D eigenvalue weighted by Gasteiger charge is 2.41. The first-order valence-corrected chi connectivity index (χ1v) is 26.3. The predicted octanol–water partition coefficient (Wildman–Crippen LogP) is 12.7. The highest BCUT2D eigenvalue weighted by atomic mass is 28.3. The average Bonchev–Trinajstić information content (AvgIpc) is 4.09. The van der Waals surface area contributed by atoms with Crippen LogP contribution in [-0.4, -0.2) is 31.7 Å². The van der Waals surface area contributed by atoms with E-state index in [1.54, 1.807) is 0 Å². The average molecular weight is 935 g/mol. The van der Waals surface area contributed by atoms with Crippen molar-refractivity contribution in [3.63, 3.8) is 0 Å². The molecule has 0 amide bonds. The van der Waals surface area contributed by atoms with E-state index in [0.29, 0.717) is 11.5 Å². The third-order valence-corrected chi connectivity index (χ3v) is 19.5. The Balaban J connectivity index is 1.02. The highest BCUT2D eigenvalue weighted by Crippen LogP contribution is 2.38. The third-order valence-electron chi connectivity index (χ3n) is 14.7. The standard InChI is InChI=1S/C65H42N6Si/c66-43-44-32-38-55-53-26-12-17-31-61(53)71(63(55)40-44)65-67-57(45-33-36-50(37-34-45)72(47-18-4-1-5-19-47,48-20-6-2-7-21-48)49-22-8-3-9-23-49)42-64(68-65)70-60-30-16-13-27-54(60)56-41-46(35-39-62(56)70)69-58-28-14-10-24-51(58)52-25-11-15-29-59(52)69/h1-42H. The molecule has 0 aliphatic heterocycles. The maximum absolute atomic E-state index is 10.2. The first kappa shape index (κ1) is 41.4. The van der Waals surface area contributed by atoms with Crippen molar-refractivity contribution in [2.75, 3.05) is 0 Å². The lowest BCUT2D eigenvalue weighted by Crippen LogP contribution is -2.74. The maximum atomic E-state index is 10.2. The van der Waals surface area contributed by atoms with Crippen LogP contribution >= 0.6 is 0 Å². The minimum atomic E-state index is -2.79. The van der Waals surface area contributed by atoms with E-state index in [9.17, 15) is 5.26 Å². The molecule has 0 N–H and O–H groups in total. The summed E-state index contributed by atoms with van der Waals surface area (Å²) < 4.78 is 6.79. The number of nitriles is 1. The fourth-order valence-corrected chi connectivity index (χ4v) is 16.3. The first-order chi connectivity index (χ1) is 35.7.